The quantitative estimate of drug-likeness (QED) is 0.738. The average Bonchev–Trinajstić information content (AvgIpc) is 3.38. The van der Waals surface area contributed by atoms with E-state index in [1.165, 1.54) is 0 Å². The van der Waals surface area contributed by atoms with Gasteiger partial charge in [0.15, 0.2) is 0 Å². The molecular formula is C19H15BrN2O. The molecule has 0 unspecified atom stereocenters. The van der Waals surface area contributed by atoms with Crippen molar-refractivity contribution in [3.8, 4) is 11.3 Å². The van der Waals surface area contributed by atoms with Crippen molar-refractivity contribution in [1.29, 1.82) is 0 Å². The van der Waals surface area contributed by atoms with Crippen LogP contribution < -0.4 is 5.32 Å². The molecule has 0 radical (unpaired) electrons. The van der Waals surface area contributed by atoms with Crippen molar-refractivity contribution < 1.29 is 4.79 Å². The third-order valence-corrected chi connectivity index (χ3v) is 4.49. The molecule has 1 amide bonds. The first-order chi connectivity index (χ1) is 11.2. The van der Waals surface area contributed by atoms with E-state index in [-0.39, 0.29) is 5.91 Å². The summed E-state index contributed by atoms with van der Waals surface area (Å²) in [5.41, 5.74) is 3.34. The van der Waals surface area contributed by atoms with Crippen molar-refractivity contribution >= 4 is 32.7 Å². The highest BCUT2D eigenvalue weighted by Crippen LogP contribution is 2.28. The molecule has 23 heavy (non-hydrogen) atoms. The predicted octanol–water partition coefficient (Wildman–Crippen LogP) is 4.56. The molecular weight excluding hydrogens is 352 g/mol. The van der Waals surface area contributed by atoms with Crippen LogP contribution in [-0.4, -0.2) is 16.9 Å². The van der Waals surface area contributed by atoms with Crippen LogP contribution in [0.2, 0.25) is 0 Å². The summed E-state index contributed by atoms with van der Waals surface area (Å²) in [6.07, 6.45) is 2.15. The fourth-order valence-corrected chi connectivity index (χ4v) is 2.99. The summed E-state index contributed by atoms with van der Waals surface area (Å²) in [4.78, 5) is 17.4. The maximum atomic E-state index is 12.6. The van der Waals surface area contributed by atoms with Crippen LogP contribution in [0.4, 0.5) is 0 Å². The Kier molecular flexibility index (Phi) is 3.62. The SMILES string of the molecule is O=C(NC1CC1)c1cc(-c2ccccc2)nc2ccc(Br)cc12. The maximum Gasteiger partial charge on any atom is 0.252 e. The number of nitrogens with one attached hydrogen (secondary N) is 1. The van der Waals surface area contributed by atoms with E-state index in [0.717, 1.165) is 39.5 Å². The number of amides is 1. The van der Waals surface area contributed by atoms with Crippen molar-refractivity contribution in [2.75, 3.05) is 0 Å². The molecule has 1 aliphatic rings. The van der Waals surface area contributed by atoms with Gasteiger partial charge in [-0.1, -0.05) is 46.3 Å². The average molecular weight is 367 g/mol. The number of benzene rings is 2. The molecule has 0 spiro atoms. The number of fused-ring (bicyclic) bond motifs is 1. The van der Waals surface area contributed by atoms with Crippen LogP contribution in [0.15, 0.2) is 59.1 Å². The molecule has 0 atom stereocenters. The zero-order valence-corrected chi connectivity index (χ0v) is 14.0. The normalized spacial score (nSPS) is 14.0. The number of hydrogen-bond donors (Lipinski definition) is 1. The Morgan fingerprint density at radius 2 is 1.87 bits per heavy atom. The van der Waals surface area contributed by atoms with E-state index in [9.17, 15) is 4.79 Å². The number of aromatic nitrogens is 1. The monoisotopic (exact) mass is 366 g/mol. The second kappa shape index (κ2) is 5.78. The first-order valence-electron chi connectivity index (χ1n) is 7.67. The summed E-state index contributed by atoms with van der Waals surface area (Å²) >= 11 is 3.48. The first-order valence-corrected chi connectivity index (χ1v) is 8.46. The molecule has 1 fully saturated rings. The van der Waals surface area contributed by atoms with Gasteiger partial charge in [-0.25, -0.2) is 4.98 Å². The van der Waals surface area contributed by atoms with Crippen LogP contribution in [0.25, 0.3) is 22.2 Å². The summed E-state index contributed by atoms with van der Waals surface area (Å²) in [6.45, 7) is 0. The molecule has 1 heterocycles. The van der Waals surface area contributed by atoms with Gasteiger partial charge in [-0.05, 0) is 37.1 Å². The van der Waals surface area contributed by atoms with Crippen LogP contribution in [0.5, 0.6) is 0 Å². The van der Waals surface area contributed by atoms with E-state index >= 15 is 0 Å². The summed E-state index contributed by atoms with van der Waals surface area (Å²) in [5.74, 6) is -0.0184. The van der Waals surface area contributed by atoms with E-state index in [4.69, 9.17) is 4.98 Å². The molecule has 0 aliphatic heterocycles. The van der Waals surface area contributed by atoms with Crippen molar-refractivity contribution in [2.45, 2.75) is 18.9 Å². The van der Waals surface area contributed by atoms with Gasteiger partial charge in [-0.2, -0.15) is 0 Å². The lowest BCUT2D eigenvalue weighted by Crippen LogP contribution is -2.25. The van der Waals surface area contributed by atoms with Crippen LogP contribution in [0.3, 0.4) is 0 Å². The third-order valence-electron chi connectivity index (χ3n) is 4.00. The lowest BCUT2D eigenvalue weighted by molar-refractivity contribution is 0.0952. The minimum Gasteiger partial charge on any atom is -0.349 e. The largest absolute Gasteiger partial charge is 0.349 e. The van der Waals surface area contributed by atoms with Gasteiger partial charge in [0.05, 0.1) is 16.8 Å². The summed E-state index contributed by atoms with van der Waals surface area (Å²) in [5, 5.41) is 3.95. The number of rotatable bonds is 3. The molecule has 1 aliphatic carbocycles. The molecule has 2 aromatic carbocycles. The van der Waals surface area contributed by atoms with Gasteiger partial charge in [-0.15, -0.1) is 0 Å². The lowest BCUT2D eigenvalue weighted by atomic mass is 10.0. The van der Waals surface area contributed by atoms with Crippen molar-refractivity contribution in [1.82, 2.24) is 10.3 Å². The van der Waals surface area contributed by atoms with Crippen molar-refractivity contribution in [3.05, 3.63) is 64.6 Å². The zero-order valence-electron chi connectivity index (χ0n) is 12.4. The highest BCUT2D eigenvalue weighted by atomic mass is 79.9. The van der Waals surface area contributed by atoms with Gasteiger partial charge in [-0.3, -0.25) is 4.79 Å². The molecule has 1 saturated carbocycles. The number of pyridine rings is 1. The molecule has 1 N–H and O–H groups in total. The fraction of sp³-hybridized carbons (Fsp3) is 0.158. The minimum absolute atomic E-state index is 0.0184. The zero-order chi connectivity index (χ0) is 15.8. The topological polar surface area (TPSA) is 42.0 Å². The van der Waals surface area contributed by atoms with Gasteiger partial charge < -0.3 is 5.32 Å². The van der Waals surface area contributed by atoms with E-state index in [1.54, 1.807) is 0 Å². The summed E-state index contributed by atoms with van der Waals surface area (Å²) in [6, 6.07) is 18.0. The molecule has 3 aromatic rings. The Morgan fingerprint density at radius 1 is 1.09 bits per heavy atom. The van der Waals surface area contributed by atoms with Crippen molar-refractivity contribution in [3.63, 3.8) is 0 Å². The smallest absolute Gasteiger partial charge is 0.252 e. The van der Waals surface area contributed by atoms with E-state index in [0.29, 0.717) is 11.6 Å². The van der Waals surface area contributed by atoms with Crippen LogP contribution in [0, 0.1) is 0 Å². The minimum atomic E-state index is -0.0184. The van der Waals surface area contributed by atoms with E-state index in [2.05, 4.69) is 21.2 Å². The van der Waals surface area contributed by atoms with Gasteiger partial charge in [0.2, 0.25) is 0 Å². The Balaban J connectivity index is 1.89. The predicted molar refractivity (Wildman–Crippen MR) is 95.4 cm³/mol. The molecule has 4 rings (SSSR count). The highest BCUT2D eigenvalue weighted by Gasteiger charge is 2.25. The molecule has 1 aromatic heterocycles. The van der Waals surface area contributed by atoms with Gasteiger partial charge >= 0.3 is 0 Å². The Bertz CT molecular complexity index is 889. The maximum absolute atomic E-state index is 12.6. The Labute approximate surface area is 142 Å². The Hall–Kier alpha value is -2.20. The Morgan fingerprint density at radius 3 is 2.61 bits per heavy atom. The van der Waals surface area contributed by atoms with Gasteiger partial charge in [0, 0.05) is 21.5 Å². The summed E-state index contributed by atoms with van der Waals surface area (Å²) in [7, 11) is 0. The number of nitrogens with zero attached hydrogens (tertiary/aromatic N) is 1. The van der Waals surface area contributed by atoms with E-state index in [1.807, 2.05) is 54.6 Å². The molecule has 0 saturated heterocycles. The molecule has 0 bridgehead atoms. The first kappa shape index (κ1) is 14.4. The van der Waals surface area contributed by atoms with Gasteiger partial charge in [0.25, 0.3) is 5.91 Å². The van der Waals surface area contributed by atoms with Crippen LogP contribution >= 0.6 is 15.9 Å². The highest BCUT2D eigenvalue weighted by molar-refractivity contribution is 9.10. The number of carbonyl (C=O) groups excluding carboxylic acids is 1. The number of carbonyl (C=O) groups is 1. The molecule has 114 valence electrons. The van der Waals surface area contributed by atoms with Crippen LogP contribution in [-0.2, 0) is 0 Å². The number of hydrogen-bond acceptors (Lipinski definition) is 2. The van der Waals surface area contributed by atoms with Crippen LogP contribution in [0.1, 0.15) is 23.2 Å². The molecule has 3 nitrogen and oxygen atoms in total. The molecule has 4 heteroatoms. The van der Waals surface area contributed by atoms with Gasteiger partial charge in [0.1, 0.15) is 0 Å². The summed E-state index contributed by atoms with van der Waals surface area (Å²) < 4.78 is 0.944. The van der Waals surface area contributed by atoms with E-state index < -0.39 is 0 Å². The second-order valence-electron chi connectivity index (χ2n) is 5.83. The fourth-order valence-electron chi connectivity index (χ4n) is 2.63. The lowest BCUT2D eigenvalue weighted by Gasteiger charge is -2.10. The standard InChI is InChI=1S/C19H15BrN2O/c20-13-6-9-17-15(10-13)16(19(23)21-14-7-8-14)11-18(22-17)12-4-2-1-3-5-12/h1-6,9-11,14H,7-8H2,(H,21,23). The second-order valence-corrected chi connectivity index (χ2v) is 6.75. The number of halogens is 1. The van der Waals surface area contributed by atoms with Crippen molar-refractivity contribution in [2.24, 2.45) is 0 Å². The third kappa shape index (κ3) is 2.99.